The second-order valence-corrected chi connectivity index (χ2v) is 6.16. The van der Waals surface area contributed by atoms with Crippen molar-refractivity contribution in [1.29, 1.82) is 0 Å². The molecule has 0 fully saturated rings. The van der Waals surface area contributed by atoms with Gasteiger partial charge >= 0.3 is 0 Å². The standard InChI is InChI=1S/C16H12N6O4S2/c23-11-7(12(24)20-15(27)19-11)5-17-9-3-1-2-4-10(9)18-6-8-13(25)21-16(28)22-14(8)26/h1-6H,(H3,19,20,23,24,27)(H3,21,22,25,26,28). The number of aromatic hydroxyl groups is 2. The predicted octanol–water partition coefficient (Wildman–Crippen LogP) is 2.09. The number of hydrogen-bond acceptors (Lipinski definition) is 8. The Kier molecular flexibility index (Phi) is 5.42. The SMILES string of the molecule is O=c1[nH]c(=S)[nH]c(O)c1C=Nc1ccccc1N=Cc1c(O)[nH]c(=S)[nH]c1=O. The molecule has 0 aliphatic heterocycles. The van der Waals surface area contributed by atoms with Crippen molar-refractivity contribution in [3.63, 3.8) is 0 Å². The van der Waals surface area contributed by atoms with E-state index in [-0.39, 0.29) is 20.7 Å². The van der Waals surface area contributed by atoms with Gasteiger partial charge in [0.15, 0.2) is 9.54 Å². The number of para-hydroxylation sites is 2. The van der Waals surface area contributed by atoms with Crippen molar-refractivity contribution in [2.75, 3.05) is 0 Å². The van der Waals surface area contributed by atoms with Gasteiger partial charge in [0.1, 0.15) is 11.1 Å². The van der Waals surface area contributed by atoms with E-state index in [2.05, 4.69) is 29.9 Å². The fourth-order valence-corrected chi connectivity index (χ4v) is 2.54. The summed E-state index contributed by atoms with van der Waals surface area (Å²) >= 11 is 9.53. The molecule has 142 valence electrons. The van der Waals surface area contributed by atoms with Crippen molar-refractivity contribution in [3.8, 4) is 11.8 Å². The Bertz CT molecular complexity index is 1230. The highest BCUT2D eigenvalue weighted by Crippen LogP contribution is 2.27. The summed E-state index contributed by atoms with van der Waals surface area (Å²) in [6, 6.07) is 6.61. The van der Waals surface area contributed by atoms with Gasteiger partial charge in [-0.1, -0.05) is 12.1 Å². The highest BCUT2D eigenvalue weighted by molar-refractivity contribution is 7.71. The minimum Gasteiger partial charge on any atom is -0.494 e. The van der Waals surface area contributed by atoms with Crippen LogP contribution >= 0.6 is 24.4 Å². The second-order valence-electron chi connectivity index (χ2n) is 5.35. The molecule has 0 saturated heterocycles. The van der Waals surface area contributed by atoms with Crippen LogP contribution in [0.2, 0.25) is 0 Å². The summed E-state index contributed by atoms with van der Waals surface area (Å²) in [5, 5.41) is 19.6. The van der Waals surface area contributed by atoms with E-state index in [1.165, 1.54) is 0 Å². The molecule has 0 saturated carbocycles. The Labute approximate surface area is 166 Å². The number of rotatable bonds is 4. The molecule has 3 aromatic rings. The molecule has 0 atom stereocenters. The van der Waals surface area contributed by atoms with E-state index in [0.29, 0.717) is 11.4 Å². The summed E-state index contributed by atoms with van der Waals surface area (Å²) in [6.07, 6.45) is 2.30. The second kappa shape index (κ2) is 7.94. The summed E-state index contributed by atoms with van der Waals surface area (Å²) in [7, 11) is 0. The number of aromatic nitrogens is 4. The average Bonchev–Trinajstić information content (AvgIpc) is 2.61. The molecule has 0 radical (unpaired) electrons. The van der Waals surface area contributed by atoms with Crippen LogP contribution in [0.3, 0.4) is 0 Å². The third kappa shape index (κ3) is 4.19. The largest absolute Gasteiger partial charge is 0.494 e. The van der Waals surface area contributed by atoms with Crippen LogP contribution in [-0.4, -0.2) is 42.6 Å². The third-order valence-corrected chi connectivity index (χ3v) is 3.87. The fourth-order valence-electron chi connectivity index (χ4n) is 2.16. The van der Waals surface area contributed by atoms with Crippen LogP contribution in [0.1, 0.15) is 11.1 Å². The van der Waals surface area contributed by atoms with Gasteiger partial charge in [0, 0.05) is 12.4 Å². The first kappa shape index (κ1) is 19.1. The lowest BCUT2D eigenvalue weighted by molar-refractivity contribution is 0.448. The zero-order valence-corrected chi connectivity index (χ0v) is 15.5. The molecule has 28 heavy (non-hydrogen) atoms. The van der Waals surface area contributed by atoms with Crippen molar-refractivity contribution in [1.82, 2.24) is 19.9 Å². The van der Waals surface area contributed by atoms with Crippen LogP contribution in [0.25, 0.3) is 0 Å². The Balaban J connectivity index is 1.99. The first-order valence-electron chi connectivity index (χ1n) is 7.63. The van der Waals surface area contributed by atoms with E-state index in [9.17, 15) is 19.8 Å². The molecule has 3 rings (SSSR count). The topological polar surface area (TPSA) is 162 Å². The highest BCUT2D eigenvalue weighted by Gasteiger charge is 2.07. The van der Waals surface area contributed by atoms with E-state index in [4.69, 9.17) is 24.4 Å². The molecule has 12 heteroatoms. The summed E-state index contributed by atoms with van der Waals surface area (Å²) in [4.78, 5) is 41.6. The van der Waals surface area contributed by atoms with Gasteiger partial charge in [0.05, 0.1) is 11.4 Å². The van der Waals surface area contributed by atoms with Crippen LogP contribution in [0.4, 0.5) is 11.4 Å². The van der Waals surface area contributed by atoms with Crippen LogP contribution in [-0.2, 0) is 0 Å². The Hall–Kier alpha value is -3.64. The number of aromatic amines is 4. The van der Waals surface area contributed by atoms with Crippen LogP contribution in [0, 0.1) is 9.54 Å². The van der Waals surface area contributed by atoms with Crippen molar-refractivity contribution in [2.45, 2.75) is 0 Å². The minimum atomic E-state index is -0.609. The molecule has 2 heterocycles. The van der Waals surface area contributed by atoms with Gasteiger partial charge in [0.25, 0.3) is 11.1 Å². The maximum Gasteiger partial charge on any atom is 0.264 e. The molecule has 10 nitrogen and oxygen atoms in total. The number of hydrogen-bond donors (Lipinski definition) is 6. The number of nitrogens with zero attached hydrogens (tertiary/aromatic N) is 2. The Morgan fingerprint density at radius 3 is 1.50 bits per heavy atom. The molecule has 0 aliphatic carbocycles. The van der Waals surface area contributed by atoms with Gasteiger partial charge in [-0.25, -0.2) is 0 Å². The average molecular weight is 416 g/mol. The van der Waals surface area contributed by atoms with Gasteiger partial charge in [0.2, 0.25) is 11.8 Å². The molecule has 0 aliphatic rings. The molecule has 0 bridgehead atoms. The lowest BCUT2D eigenvalue weighted by Crippen LogP contribution is -2.13. The van der Waals surface area contributed by atoms with Crippen LogP contribution < -0.4 is 11.1 Å². The molecular weight excluding hydrogens is 404 g/mol. The lowest BCUT2D eigenvalue weighted by atomic mass is 10.2. The zero-order valence-electron chi connectivity index (χ0n) is 13.9. The van der Waals surface area contributed by atoms with E-state index in [0.717, 1.165) is 12.4 Å². The van der Waals surface area contributed by atoms with Gasteiger partial charge in [-0.05, 0) is 36.6 Å². The zero-order chi connectivity index (χ0) is 20.3. The predicted molar refractivity (Wildman–Crippen MR) is 109 cm³/mol. The van der Waals surface area contributed by atoms with E-state index in [1.54, 1.807) is 24.3 Å². The number of benzene rings is 1. The number of H-pyrrole nitrogens is 4. The Morgan fingerprint density at radius 1 is 0.750 bits per heavy atom. The first-order chi connectivity index (χ1) is 13.3. The molecule has 0 unspecified atom stereocenters. The smallest absolute Gasteiger partial charge is 0.264 e. The van der Waals surface area contributed by atoms with E-state index >= 15 is 0 Å². The lowest BCUT2D eigenvalue weighted by Gasteiger charge is -2.01. The molecule has 0 spiro atoms. The maximum absolute atomic E-state index is 11.9. The Morgan fingerprint density at radius 2 is 1.14 bits per heavy atom. The summed E-state index contributed by atoms with van der Waals surface area (Å²) in [5.41, 5.74) is -0.752. The molecular formula is C16H12N6O4S2. The van der Waals surface area contributed by atoms with Crippen molar-refractivity contribution < 1.29 is 10.2 Å². The van der Waals surface area contributed by atoms with E-state index < -0.39 is 22.9 Å². The normalized spacial score (nSPS) is 11.4. The minimum absolute atomic E-state index is 0.0171. The van der Waals surface area contributed by atoms with Gasteiger partial charge < -0.3 is 20.2 Å². The van der Waals surface area contributed by atoms with Gasteiger partial charge in [-0.15, -0.1) is 0 Å². The third-order valence-electron chi connectivity index (χ3n) is 3.46. The summed E-state index contributed by atoms with van der Waals surface area (Å²) < 4.78 is -0.0341. The molecule has 1 aromatic carbocycles. The van der Waals surface area contributed by atoms with Crippen molar-refractivity contribution in [2.24, 2.45) is 9.98 Å². The van der Waals surface area contributed by atoms with Crippen LogP contribution in [0.15, 0.2) is 43.8 Å². The van der Waals surface area contributed by atoms with E-state index in [1.807, 2.05) is 0 Å². The van der Waals surface area contributed by atoms with Gasteiger partial charge in [-0.2, -0.15) is 0 Å². The van der Waals surface area contributed by atoms with Crippen molar-refractivity contribution >= 4 is 48.2 Å². The maximum atomic E-state index is 11.9. The fraction of sp³-hybridized carbons (Fsp3) is 0. The highest BCUT2D eigenvalue weighted by atomic mass is 32.1. The van der Waals surface area contributed by atoms with Crippen molar-refractivity contribution in [3.05, 3.63) is 65.6 Å². The first-order valence-corrected chi connectivity index (χ1v) is 8.45. The molecule has 0 amide bonds. The van der Waals surface area contributed by atoms with Crippen LogP contribution in [0.5, 0.6) is 11.8 Å². The summed E-state index contributed by atoms with van der Waals surface area (Å²) in [6.45, 7) is 0. The monoisotopic (exact) mass is 416 g/mol. The molecule has 6 N–H and O–H groups in total. The molecule has 2 aromatic heterocycles. The number of nitrogens with one attached hydrogen (secondary N) is 4. The quantitative estimate of drug-likeness (QED) is 0.282. The summed E-state index contributed by atoms with van der Waals surface area (Å²) in [5.74, 6) is -0.844. The number of aliphatic imine (C=N–C) groups is 2. The van der Waals surface area contributed by atoms with Gasteiger partial charge in [-0.3, -0.25) is 29.5 Å².